The molecule has 0 aliphatic carbocycles. The van der Waals surface area contributed by atoms with Gasteiger partial charge < -0.3 is 15.0 Å². The van der Waals surface area contributed by atoms with E-state index < -0.39 is 0 Å². The largest absolute Gasteiger partial charge is 0.497 e. The van der Waals surface area contributed by atoms with E-state index in [2.05, 4.69) is 21.6 Å². The minimum Gasteiger partial charge on any atom is -0.497 e. The van der Waals surface area contributed by atoms with Crippen molar-refractivity contribution in [1.82, 2.24) is 25.2 Å². The molecule has 1 atom stereocenters. The summed E-state index contributed by atoms with van der Waals surface area (Å²) in [6, 6.07) is 8.12. The summed E-state index contributed by atoms with van der Waals surface area (Å²) >= 11 is 0. The number of nitrogens with one attached hydrogen (secondary N) is 1. The number of aryl methyl sites for hydroxylation is 2. The van der Waals surface area contributed by atoms with Crippen LogP contribution in [-0.2, 0) is 18.3 Å². The van der Waals surface area contributed by atoms with Crippen LogP contribution in [0.15, 0.2) is 30.5 Å². The zero-order chi connectivity index (χ0) is 16.9. The molecule has 7 heteroatoms. The number of rotatable bonds is 5. The van der Waals surface area contributed by atoms with Gasteiger partial charge in [0.1, 0.15) is 5.75 Å². The summed E-state index contributed by atoms with van der Waals surface area (Å²) in [5.74, 6) is 0.996. The van der Waals surface area contributed by atoms with Crippen molar-refractivity contribution in [1.29, 1.82) is 0 Å². The van der Waals surface area contributed by atoms with Crippen molar-refractivity contribution in [2.45, 2.75) is 18.9 Å². The SMILES string of the molecule is COc1cccc(C2CN(C(=O)CCc3cnn(C)n3)CCN2)c1. The molecule has 3 rings (SSSR count). The van der Waals surface area contributed by atoms with Gasteiger partial charge in [0.05, 0.1) is 25.0 Å². The monoisotopic (exact) mass is 329 g/mol. The molecule has 0 radical (unpaired) electrons. The highest BCUT2D eigenvalue weighted by Crippen LogP contribution is 2.22. The molecule has 1 N–H and O–H groups in total. The number of aromatic nitrogens is 3. The number of piperazine rings is 1. The maximum Gasteiger partial charge on any atom is 0.223 e. The van der Waals surface area contributed by atoms with Gasteiger partial charge in [-0.25, -0.2) is 0 Å². The fourth-order valence-electron chi connectivity index (χ4n) is 2.95. The van der Waals surface area contributed by atoms with Crippen LogP contribution in [0.5, 0.6) is 5.75 Å². The van der Waals surface area contributed by atoms with Crippen molar-refractivity contribution in [3.8, 4) is 5.75 Å². The second kappa shape index (κ2) is 7.44. The zero-order valence-corrected chi connectivity index (χ0v) is 14.1. The summed E-state index contributed by atoms with van der Waals surface area (Å²) in [6.07, 6.45) is 2.80. The molecule has 0 saturated carbocycles. The predicted octanol–water partition coefficient (Wildman–Crippen LogP) is 0.929. The van der Waals surface area contributed by atoms with E-state index in [-0.39, 0.29) is 11.9 Å². The Balaban J connectivity index is 1.59. The van der Waals surface area contributed by atoms with Gasteiger partial charge in [0.25, 0.3) is 0 Å². The van der Waals surface area contributed by atoms with E-state index in [0.717, 1.165) is 30.1 Å². The summed E-state index contributed by atoms with van der Waals surface area (Å²) in [6.45, 7) is 2.20. The van der Waals surface area contributed by atoms with Crippen molar-refractivity contribution in [3.05, 3.63) is 41.7 Å². The maximum absolute atomic E-state index is 12.5. The Labute approximate surface area is 141 Å². The highest BCUT2D eigenvalue weighted by Gasteiger charge is 2.24. The smallest absolute Gasteiger partial charge is 0.223 e. The molecule has 1 aromatic heterocycles. The third-order valence-corrected chi connectivity index (χ3v) is 4.27. The molecule has 0 spiro atoms. The normalized spacial score (nSPS) is 17.8. The lowest BCUT2D eigenvalue weighted by Crippen LogP contribution is -2.48. The molecule has 1 fully saturated rings. The molecular weight excluding hydrogens is 306 g/mol. The first-order valence-electron chi connectivity index (χ1n) is 8.16. The van der Waals surface area contributed by atoms with Crippen LogP contribution >= 0.6 is 0 Å². The number of carbonyl (C=O) groups is 1. The molecule has 1 aliphatic heterocycles. The van der Waals surface area contributed by atoms with Gasteiger partial charge in [0.15, 0.2) is 0 Å². The quantitative estimate of drug-likeness (QED) is 0.883. The highest BCUT2D eigenvalue weighted by atomic mass is 16.5. The van der Waals surface area contributed by atoms with E-state index in [9.17, 15) is 4.79 Å². The number of ether oxygens (including phenoxy) is 1. The third kappa shape index (κ3) is 3.91. The molecule has 1 unspecified atom stereocenters. The van der Waals surface area contributed by atoms with Crippen LogP contribution in [0, 0.1) is 0 Å². The molecule has 128 valence electrons. The van der Waals surface area contributed by atoms with Crippen molar-refractivity contribution >= 4 is 5.91 Å². The van der Waals surface area contributed by atoms with Gasteiger partial charge in [-0.1, -0.05) is 12.1 Å². The molecule has 7 nitrogen and oxygen atoms in total. The first-order chi connectivity index (χ1) is 11.7. The number of methoxy groups -OCH3 is 1. The minimum atomic E-state index is 0.134. The predicted molar refractivity (Wildman–Crippen MR) is 89.6 cm³/mol. The molecule has 24 heavy (non-hydrogen) atoms. The van der Waals surface area contributed by atoms with Gasteiger partial charge >= 0.3 is 0 Å². The lowest BCUT2D eigenvalue weighted by atomic mass is 10.0. The fraction of sp³-hybridized carbons (Fsp3) is 0.471. The fourth-order valence-corrected chi connectivity index (χ4v) is 2.95. The van der Waals surface area contributed by atoms with E-state index in [1.165, 1.54) is 4.80 Å². The zero-order valence-electron chi connectivity index (χ0n) is 14.1. The van der Waals surface area contributed by atoms with Gasteiger partial charge in [-0.15, -0.1) is 0 Å². The average molecular weight is 329 g/mol. The Morgan fingerprint density at radius 2 is 2.33 bits per heavy atom. The van der Waals surface area contributed by atoms with Gasteiger partial charge in [0, 0.05) is 39.5 Å². The molecule has 2 heterocycles. The standard InChI is InChI=1S/C17H23N5O2/c1-21-19-11-14(20-21)6-7-17(23)22-9-8-18-16(12-22)13-4-3-5-15(10-13)24-2/h3-5,10-11,16,18H,6-9,12H2,1-2H3. The second-order valence-corrected chi connectivity index (χ2v) is 5.95. The number of carbonyl (C=O) groups excluding carboxylic acids is 1. The van der Waals surface area contributed by atoms with Gasteiger partial charge in [-0.05, 0) is 17.7 Å². The Hall–Kier alpha value is -2.41. The molecular formula is C17H23N5O2. The van der Waals surface area contributed by atoms with Crippen LogP contribution in [0.2, 0.25) is 0 Å². The van der Waals surface area contributed by atoms with Crippen LogP contribution in [0.4, 0.5) is 0 Å². The number of amides is 1. The number of hydrogen-bond donors (Lipinski definition) is 1. The van der Waals surface area contributed by atoms with E-state index >= 15 is 0 Å². The molecule has 1 aromatic carbocycles. The van der Waals surface area contributed by atoms with Crippen LogP contribution in [0.3, 0.4) is 0 Å². The first kappa shape index (κ1) is 16.4. The van der Waals surface area contributed by atoms with Crippen LogP contribution in [-0.4, -0.2) is 52.5 Å². The van der Waals surface area contributed by atoms with Gasteiger partial charge in [-0.2, -0.15) is 15.0 Å². The maximum atomic E-state index is 12.5. The number of hydrogen-bond acceptors (Lipinski definition) is 5. The highest BCUT2D eigenvalue weighted by molar-refractivity contribution is 5.76. The van der Waals surface area contributed by atoms with E-state index in [0.29, 0.717) is 19.4 Å². The Bertz CT molecular complexity index is 700. The number of nitrogens with zero attached hydrogens (tertiary/aromatic N) is 4. The van der Waals surface area contributed by atoms with Crippen molar-refractivity contribution in [2.24, 2.45) is 7.05 Å². The van der Waals surface area contributed by atoms with E-state index in [1.807, 2.05) is 23.1 Å². The van der Waals surface area contributed by atoms with Crippen molar-refractivity contribution < 1.29 is 9.53 Å². The van der Waals surface area contributed by atoms with Gasteiger partial charge in [-0.3, -0.25) is 4.79 Å². The lowest BCUT2D eigenvalue weighted by Gasteiger charge is -2.34. The molecule has 1 aliphatic rings. The molecule has 1 saturated heterocycles. The minimum absolute atomic E-state index is 0.134. The second-order valence-electron chi connectivity index (χ2n) is 5.95. The van der Waals surface area contributed by atoms with Crippen LogP contribution in [0.1, 0.15) is 23.7 Å². The van der Waals surface area contributed by atoms with Gasteiger partial charge in [0.2, 0.25) is 5.91 Å². The Kier molecular flexibility index (Phi) is 5.10. The topological polar surface area (TPSA) is 72.3 Å². The molecule has 1 amide bonds. The third-order valence-electron chi connectivity index (χ3n) is 4.27. The molecule has 2 aromatic rings. The lowest BCUT2D eigenvalue weighted by molar-refractivity contribution is -0.132. The summed E-state index contributed by atoms with van der Waals surface area (Å²) < 4.78 is 5.29. The van der Waals surface area contributed by atoms with Crippen LogP contribution < -0.4 is 10.1 Å². The summed E-state index contributed by atoms with van der Waals surface area (Å²) in [4.78, 5) is 15.9. The van der Waals surface area contributed by atoms with E-state index in [1.54, 1.807) is 20.4 Å². The Morgan fingerprint density at radius 3 is 3.08 bits per heavy atom. The van der Waals surface area contributed by atoms with E-state index in [4.69, 9.17) is 4.74 Å². The Morgan fingerprint density at radius 1 is 1.46 bits per heavy atom. The summed E-state index contributed by atoms with van der Waals surface area (Å²) in [5.41, 5.74) is 1.99. The summed E-state index contributed by atoms with van der Waals surface area (Å²) in [7, 11) is 3.44. The number of benzene rings is 1. The van der Waals surface area contributed by atoms with Crippen LogP contribution in [0.25, 0.3) is 0 Å². The molecule has 0 bridgehead atoms. The van der Waals surface area contributed by atoms with Crippen molar-refractivity contribution in [3.63, 3.8) is 0 Å². The average Bonchev–Trinajstić information content (AvgIpc) is 3.05. The first-order valence-corrected chi connectivity index (χ1v) is 8.16. The van der Waals surface area contributed by atoms with Crippen molar-refractivity contribution in [2.75, 3.05) is 26.7 Å². The summed E-state index contributed by atoms with van der Waals surface area (Å²) in [5, 5.41) is 11.7.